The molecular formula is H8BLiSi3. The van der Waals surface area contributed by atoms with E-state index >= 15 is 0 Å². The van der Waals surface area contributed by atoms with E-state index in [0.717, 1.165) is 0 Å². The molecule has 0 bridgehead atoms. The van der Waals surface area contributed by atoms with Crippen LogP contribution in [-0.2, 0) is 0 Å². The largest absolute Gasteiger partial charge is 1.00 e. The molecule has 0 nitrogen and oxygen atoms in total. The second-order valence-corrected chi connectivity index (χ2v) is 16.1. The first-order chi connectivity index (χ1) is 1.91. The predicted octanol–water partition coefficient (Wildman–Crippen LogP) is -6.28. The summed E-state index contributed by atoms with van der Waals surface area (Å²) in [6, 6.07) is 0. The van der Waals surface area contributed by atoms with Gasteiger partial charge in [-0.1, -0.05) is 0 Å². The number of rotatable bonds is 1. The Hall–Kier alpha value is 1.31. The van der Waals surface area contributed by atoms with Crippen molar-refractivity contribution in [1.29, 1.82) is 0 Å². The van der Waals surface area contributed by atoms with Crippen molar-refractivity contribution >= 4 is 34.7 Å². The summed E-state index contributed by atoms with van der Waals surface area (Å²) in [5.74, 6) is 0. The van der Waals surface area contributed by atoms with Gasteiger partial charge in [0, 0.05) is 7.44 Å². The summed E-state index contributed by atoms with van der Waals surface area (Å²) < 4.78 is 0. The molecule has 0 aliphatic carbocycles. The van der Waals surface area contributed by atoms with E-state index in [1.807, 2.05) is 0 Å². The second kappa shape index (κ2) is 9.00. The van der Waals surface area contributed by atoms with Crippen molar-refractivity contribution in [3.63, 3.8) is 0 Å². The minimum Gasteiger partial charge on any atom is -1.00 e. The number of hydrogen-bond acceptors (Lipinski definition) is 0. The summed E-state index contributed by atoms with van der Waals surface area (Å²) in [7, 11) is 7.33. The Labute approximate surface area is 55.1 Å². The van der Waals surface area contributed by atoms with Crippen molar-refractivity contribution in [2.24, 2.45) is 0 Å². The van der Waals surface area contributed by atoms with Crippen LogP contribution in [0.3, 0.4) is 0 Å². The molecule has 5 heteroatoms. The monoisotopic (exact) mass is 110 g/mol. The van der Waals surface area contributed by atoms with Gasteiger partial charge in [0.15, 0.2) is 0 Å². The van der Waals surface area contributed by atoms with E-state index in [1.165, 1.54) is 9.76 Å². The van der Waals surface area contributed by atoms with Crippen molar-refractivity contribution in [2.75, 3.05) is 0 Å². The Morgan fingerprint density at radius 1 is 1.80 bits per heavy atom. The smallest absolute Gasteiger partial charge is 1.00 e. The van der Waals surface area contributed by atoms with Crippen LogP contribution in [0.25, 0.3) is 0 Å². The average molecular weight is 110 g/mol. The van der Waals surface area contributed by atoms with Crippen LogP contribution in [0, 0.1) is 0 Å². The Bertz CT molecular complexity index is 12.8. The third-order valence-electron chi connectivity index (χ3n) is 0.289. The fraction of sp³-hybridized carbons (Fsp3) is 0. The van der Waals surface area contributed by atoms with Crippen LogP contribution in [0.2, 0.25) is 0 Å². The quantitative estimate of drug-likeness (QED) is 0.295. The average Bonchev–Trinajstić information content (AvgIpc) is 1.37. The van der Waals surface area contributed by atoms with E-state index in [-0.39, 0.29) is 29.2 Å². The molecule has 24 valence electrons. The third-order valence-corrected chi connectivity index (χ3v) is 7.79. The van der Waals surface area contributed by atoms with E-state index in [0.29, 0.717) is 8.55 Å². The van der Waals surface area contributed by atoms with Gasteiger partial charge in [-0.15, -0.1) is 0 Å². The molecule has 0 unspecified atom stereocenters. The first-order valence-corrected chi connectivity index (χ1v) is 12.1. The second-order valence-electron chi connectivity index (χ2n) is 0.789. The summed E-state index contributed by atoms with van der Waals surface area (Å²) in [5, 5.41) is 0. The molecule has 0 aromatic heterocycles. The SMILES string of the molecule is [B][SiH2][SiH2][SiH3].[H-].[Li+]. The van der Waals surface area contributed by atoms with Crippen molar-refractivity contribution in [2.45, 2.75) is 0 Å². The molecular weight excluding hydrogens is 102 g/mol. The van der Waals surface area contributed by atoms with Gasteiger partial charge in [0.1, 0.15) is 0 Å². The molecule has 2 radical (unpaired) electrons. The van der Waals surface area contributed by atoms with E-state index < -0.39 is 0 Å². The van der Waals surface area contributed by atoms with Crippen molar-refractivity contribution in [1.82, 2.24) is 0 Å². The molecule has 0 fully saturated rings. The Morgan fingerprint density at radius 3 is 2.00 bits per heavy atom. The molecule has 0 aromatic carbocycles. The molecule has 0 saturated heterocycles. The zero-order valence-corrected chi connectivity index (χ0v) is 8.82. The molecule has 0 N–H and O–H groups in total. The summed E-state index contributed by atoms with van der Waals surface area (Å²) in [5.41, 5.74) is 0. The van der Waals surface area contributed by atoms with E-state index in [9.17, 15) is 0 Å². The van der Waals surface area contributed by atoms with Gasteiger partial charge in [0.05, 0.1) is 0 Å². The third kappa shape index (κ3) is 10.9. The first-order valence-electron chi connectivity index (χ1n) is 1.62. The van der Waals surface area contributed by atoms with E-state index in [2.05, 4.69) is 0 Å². The van der Waals surface area contributed by atoms with Gasteiger partial charge in [-0.25, -0.2) is 0 Å². The van der Waals surface area contributed by atoms with Crippen LogP contribution in [0.5, 0.6) is 0 Å². The molecule has 0 spiro atoms. The zero-order valence-electron chi connectivity index (χ0n) is 4.99. The molecule has 0 rings (SSSR count). The zero-order chi connectivity index (χ0) is 3.41. The summed E-state index contributed by atoms with van der Waals surface area (Å²) in [4.78, 5) is 0. The normalized spacial score (nSPS) is 11.2. The van der Waals surface area contributed by atoms with Gasteiger partial charge in [0.25, 0.3) is 0 Å². The van der Waals surface area contributed by atoms with Crippen LogP contribution in [0.15, 0.2) is 0 Å². The molecule has 0 aliphatic heterocycles. The minimum absolute atomic E-state index is 0. The van der Waals surface area contributed by atoms with Gasteiger partial charge in [-0.3, -0.25) is 0 Å². The standard InChI is InChI=1S/BH7Si3.Li.H/c1-3-4-2;;/h3-4H2,2H3;;/q;+1;-1. The van der Waals surface area contributed by atoms with Gasteiger partial charge >= 0.3 is 18.9 Å². The molecule has 0 atom stereocenters. The maximum atomic E-state index is 5.26. The van der Waals surface area contributed by atoms with Crippen LogP contribution < -0.4 is 18.9 Å². The summed E-state index contributed by atoms with van der Waals surface area (Å²) in [6.07, 6.45) is 0. The fourth-order valence-electron chi connectivity index (χ4n) is 0. The Morgan fingerprint density at radius 2 is 2.00 bits per heavy atom. The topological polar surface area (TPSA) is 0 Å². The molecule has 0 saturated carbocycles. The van der Waals surface area contributed by atoms with Gasteiger partial charge < -0.3 is 1.43 Å². The first kappa shape index (κ1) is 9.58. The summed E-state index contributed by atoms with van der Waals surface area (Å²) >= 11 is 0. The molecule has 0 amide bonds. The maximum absolute atomic E-state index is 5.26. The van der Waals surface area contributed by atoms with E-state index in [4.69, 9.17) is 7.44 Å². The van der Waals surface area contributed by atoms with E-state index in [1.54, 1.807) is 0 Å². The maximum Gasteiger partial charge on any atom is 1.00 e. The van der Waals surface area contributed by atoms with Crippen LogP contribution in [0.4, 0.5) is 0 Å². The minimum atomic E-state index is 0. The number of hydrogen-bond donors (Lipinski definition) is 0. The van der Waals surface area contributed by atoms with Crippen molar-refractivity contribution in [3.05, 3.63) is 0 Å². The molecule has 0 heterocycles. The molecule has 0 aromatic rings. The van der Waals surface area contributed by atoms with Crippen LogP contribution in [-0.4, -0.2) is 34.7 Å². The Kier molecular flexibility index (Phi) is 17.3. The van der Waals surface area contributed by atoms with Crippen LogP contribution >= 0.6 is 0 Å². The van der Waals surface area contributed by atoms with Gasteiger partial charge in [-0.05, 0) is 27.2 Å². The summed E-state index contributed by atoms with van der Waals surface area (Å²) in [6.45, 7) is 0. The van der Waals surface area contributed by atoms with Crippen molar-refractivity contribution < 1.29 is 20.3 Å². The van der Waals surface area contributed by atoms with Crippen molar-refractivity contribution in [3.8, 4) is 0 Å². The Balaban J connectivity index is -0.0000000450. The molecule has 0 aliphatic rings. The molecule has 5 heavy (non-hydrogen) atoms. The van der Waals surface area contributed by atoms with Gasteiger partial charge in [0.2, 0.25) is 0 Å². The fourth-order valence-corrected chi connectivity index (χ4v) is 0. The van der Waals surface area contributed by atoms with Crippen LogP contribution in [0.1, 0.15) is 1.43 Å². The predicted molar refractivity (Wildman–Crippen MR) is 33.9 cm³/mol. The van der Waals surface area contributed by atoms with Gasteiger partial charge in [-0.2, -0.15) is 0 Å².